The zero-order valence-electron chi connectivity index (χ0n) is 14.8. The van der Waals surface area contributed by atoms with Crippen molar-refractivity contribution in [2.45, 2.75) is 31.6 Å². The number of likely N-dealkylation sites (N-methyl/N-ethyl adjacent to an activating group) is 1. The first-order valence-corrected chi connectivity index (χ1v) is 8.77. The van der Waals surface area contributed by atoms with E-state index in [1.165, 1.54) is 0 Å². The van der Waals surface area contributed by atoms with Crippen molar-refractivity contribution in [1.29, 1.82) is 0 Å². The standard InChI is InChI=1S/C21H24N2O2/c1-3-22-19(24)13-14-21(15-16-9-5-4-6-10-16)17-11-7-8-12-18(17)23(2)20(21)25/h4-12H,3,13-15H2,1-2H3,(H,22,24)/t21-/m0/s1. The van der Waals surface area contributed by atoms with E-state index in [2.05, 4.69) is 5.32 Å². The highest BCUT2D eigenvalue weighted by atomic mass is 16.2. The summed E-state index contributed by atoms with van der Waals surface area (Å²) in [5.41, 5.74) is 2.39. The molecule has 25 heavy (non-hydrogen) atoms. The van der Waals surface area contributed by atoms with E-state index < -0.39 is 5.41 Å². The summed E-state index contributed by atoms with van der Waals surface area (Å²) >= 11 is 0. The molecule has 130 valence electrons. The summed E-state index contributed by atoms with van der Waals surface area (Å²) in [7, 11) is 1.82. The molecule has 1 heterocycles. The van der Waals surface area contributed by atoms with Gasteiger partial charge in [0.2, 0.25) is 11.8 Å². The van der Waals surface area contributed by atoms with Gasteiger partial charge in [-0.15, -0.1) is 0 Å². The van der Waals surface area contributed by atoms with Gasteiger partial charge >= 0.3 is 0 Å². The first-order chi connectivity index (χ1) is 12.1. The number of rotatable bonds is 6. The summed E-state index contributed by atoms with van der Waals surface area (Å²) in [4.78, 5) is 27.0. The molecule has 0 saturated carbocycles. The SMILES string of the molecule is CCNC(=O)CC[C@@]1(Cc2ccccc2)C(=O)N(C)c2ccccc21. The van der Waals surface area contributed by atoms with Crippen LogP contribution in [0.15, 0.2) is 54.6 Å². The van der Waals surface area contributed by atoms with Gasteiger partial charge in [-0.2, -0.15) is 0 Å². The van der Waals surface area contributed by atoms with Gasteiger partial charge < -0.3 is 10.2 Å². The van der Waals surface area contributed by atoms with Crippen molar-refractivity contribution >= 4 is 17.5 Å². The van der Waals surface area contributed by atoms with Crippen molar-refractivity contribution < 1.29 is 9.59 Å². The fraction of sp³-hybridized carbons (Fsp3) is 0.333. The number of carbonyl (C=O) groups excluding carboxylic acids is 2. The lowest BCUT2D eigenvalue weighted by atomic mass is 9.73. The van der Waals surface area contributed by atoms with Crippen molar-refractivity contribution in [2.24, 2.45) is 0 Å². The maximum absolute atomic E-state index is 13.3. The van der Waals surface area contributed by atoms with Crippen molar-refractivity contribution in [3.05, 3.63) is 65.7 Å². The van der Waals surface area contributed by atoms with Gasteiger partial charge in [-0.3, -0.25) is 9.59 Å². The number of nitrogens with zero attached hydrogens (tertiary/aromatic N) is 1. The van der Waals surface area contributed by atoms with E-state index in [-0.39, 0.29) is 11.8 Å². The van der Waals surface area contributed by atoms with Crippen LogP contribution >= 0.6 is 0 Å². The Morgan fingerprint density at radius 3 is 2.48 bits per heavy atom. The maximum atomic E-state index is 13.3. The zero-order valence-corrected chi connectivity index (χ0v) is 14.8. The third-order valence-corrected chi connectivity index (χ3v) is 5.00. The number of para-hydroxylation sites is 1. The number of amides is 2. The van der Waals surface area contributed by atoms with Crippen molar-refractivity contribution in [2.75, 3.05) is 18.5 Å². The van der Waals surface area contributed by atoms with Crippen LogP contribution in [0.25, 0.3) is 0 Å². The van der Waals surface area contributed by atoms with E-state index in [0.717, 1.165) is 16.8 Å². The zero-order chi connectivity index (χ0) is 17.9. The van der Waals surface area contributed by atoms with Crippen LogP contribution in [0, 0.1) is 0 Å². The lowest BCUT2D eigenvalue weighted by Crippen LogP contribution is -2.41. The van der Waals surface area contributed by atoms with E-state index in [1.54, 1.807) is 4.90 Å². The Morgan fingerprint density at radius 1 is 1.08 bits per heavy atom. The Morgan fingerprint density at radius 2 is 1.76 bits per heavy atom. The summed E-state index contributed by atoms with van der Waals surface area (Å²) < 4.78 is 0. The Kier molecular flexibility index (Phi) is 4.88. The Hall–Kier alpha value is -2.62. The largest absolute Gasteiger partial charge is 0.356 e. The second-order valence-corrected chi connectivity index (χ2v) is 6.58. The van der Waals surface area contributed by atoms with Crippen LogP contribution in [0.1, 0.15) is 30.9 Å². The Balaban J connectivity index is 2.00. The summed E-state index contributed by atoms with van der Waals surface area (Å²) in [5, 5.41) is 2.84. The molecule has 0 aliphatic carbocycles. The highest BCUT2D eigenvalue weighted by Gasteiger charge is 2.49. The highest BCUT2D eigenvalue weighted by Crippen LogP contribution is 2.46. The summed E-state index contributed by atoms with van der Waals surface area (Å²) in [5.74, 6) is 0.0663. The van der Waals surface area contributed by atoms with Gasteiger partial charge in [0, 0.05) is 25.7 Å². The Labute approximate surface area is 148 Å². The van der Waals surface area contributed by atoms with Gasteiger partial charge in [0.1, 0.15) is 0 Å². The normalized spacial score (nSPS) is 19.0. The molecule has 0 radical (unpaired) electrons. The molecule has 2 amide bonds. The van der Waals surface area contributed by atoms with Crippen LogP contribution in [0.3, 0.4) is 0 Å². The molecule has 0 fully saturated rings. The van der Waals surface area contributed by atoms with Crippen LogP contribution in [0.4, 0.5) is 5.69 Å². The smallest absolute Gasteiger partial charge is 0.237 e. The van der Waals surface area contributed by atoms with Crippen molar-refractivity contribution in [1.82, 2.24) is 5.32 Å². The third-order valence-electron chi connectivity index (χ3n) is 5.00. The Bertz CT molecular complexity index is 772. The monoisotopic (exact) mass is 336 g/mol. The molecule has 1 N–H and O–H groups in total. The van der Waals surface area contributed by atoms with Crippen LogP contribution in [-0.4, -0.2) is 25.4 Å². The molecule has 1 atom stereocenters. The van der Waals surface area contributed by atoms with Gasteiger partial charge in [-0.05, 0) is 37.0 Å². The first kappa shape index (κ1) is 17.2. The van der Waals surface area contributed by atoms with Crippen LogP contribution in [0.5, 0.6) is 0 Å². The number of hydrogen-bond acceptors (Lipinski definition) is 2. The van der Waals surface area contributed by atoms with Crippen LogP contribution in [-0.2, 0) is 21.4 Å². The number of nitrogens with one attached hydrogen (secondary N) is 1. The quantitative estimate of drug-likeness (QED) is 0.881. The minimum absolute atomic E-state index is 0.00484. The summed E-state index contributed by atoms with van der Waals surface area (Å²) in [6.45, 7) is 2.51. The van der Waals surface area contributed by atoms with E-state index >= 15 is 0 Å². The van der Waals surface area contributed by atoms with Gasteiger partial charge in [-0.25, -0.2) is 0 Å². The van der Waals surface area contributed by atoms with Crippen molar-refractivity contribution in [3.63, 3.8) is 0 Å². The van der Waals surface area contributed by atoms with Gasteiger partial charge in [-0.1, -0.05) is 48.5 Å². The van der Waals surface area contributed by atoms with Gasteiger partial charge in [0.05, 0.1) is 5.41 Å². The topological polar surface area (TPSA) is 49.4 Å². The molecule has 4 nitrogen and oxygen atoms in total. The molecule has 1 aliphatic heterocycles. The second kappa shape index (κ2) is 7.09. The van der Waals surface area contributed by atoms with E-state index in [1.807, 2.05) is 68.6 Å². The molecule has 2 aromatic rings. The van der Waals surface area contributed by atoms with Crippen molar-refractivity contribution in [3.8, 4) is 0 Å². The fourth-order valence-electron chi connectivity index (χ4n) is 3.77. The van der Waals surface area contributed by atoms with E-state index in [0.29, 0.717) is 25.8 Å². The fourth-order valence-corrected chi connectivity index (χ4v) is 3.77. The molecule has 0 unspecified atom stereocenters. The van der Waals surface area contributed by atoms with Crippen LogP contribution < -0.4 is 10.2 Å². The molecule has 0 saturated heterocycles. The number of fused-ring (bicyclic) bond motifs is 1. The number of hydrogen-bond donors (Lipinski definition) is 1. The number of anilines is 1. The molecule has 0 aromatic heterocycles. The first-order valence-electron chi connectivity index (χ1n) is 8.77. The molecular weight excluding hydrogens is 312 g/mol. The minimum atomic E-state index is -0.683. The average molecular weight is 336 g/mol. The molecule has 1 aliphatic rings. The second-order valence-electron chi connectivity index (χ2n) is 6.58. The van der Waals surface area contributed by atoms with E-state index in [9.17, 15) is 9.59 Å². The number of benzene rings is 2. The van der Waals surface area contributed by atoms with Gasteiger partial charge in [0.25, 0.3) is 0 Å². The molecule has 4 heteroatoms. The third kappa shape index (κ3) is 3.16. The summed E-state index contributed by atoms with van der Waals surface area (Å²) in [6.07, 6.45) is 1.45. The maximum Gasteiger partial charge on any atom is 0.237 e. The van der Waals surface area contributed by atoms with Gasteiger partial charge in [0.15, 0.2) is 0 Å². The average Bonchev–Trinajstić information content (AvgIpc) is 2.84. The molecule has 3 rings (SSSR count). The highest BCUT2D eigenvalue weighted by molar-refractivity contribution is 6.08. The molecule has 0 bridgehead atoms. The molecule has 0 spiro atoms. The minimum Gasteiger partial charge on any atom is -0.356 e. The lowest BCUT2D eigenvalue weighted by molar-refractivity contribution is -0.124. The molecular formula is C21H24N2O2. The number of carbonyl (C=O) groups is 2. The van der Waals surface area contributed by atoms with Crippen LogP contribution in [0.2, 0.25) is 0 Å². The predicted molar refractivity (Wildman–Crippen MR) is 99.6 cm³/mol. The lowest BCUT2D eigenvalue weighted by Gasteiger charge is -2.28. The molecule has 2 aromatic carbocycles. The predicted octanol–water partition coefficient (Wildman–Crippen LogP) is 3.06. The van der Waals surface area contributed by atoms with E-state index in [4.69, 9.17) is 0 Å². The summed E-state index contributed by atoms with van der Waals surface area (Å²) in [6, 6.07) is 18.0.